The van der Waals surface area contributed by atoms with Crippen molar-refractivity contribution >= 4 is 44.6 Å². The van der Waals surface area contributed by atoms with Gasteiger partial charge in [0.15, 0.2) is 0 Å². The number of rotatable bonds is 4. The van der Waals surface area contributed by atoms with Crippen LogP contribution in [0.15, 0.2) is 22.7 Å². The number of ether oxygens (including phenoxy) is 1. The van der Waals surface area contributed by atoms with Gasteiger partial charge in [-0.2, -0.15) is 0 Å². The first-order valence-electron chi connectivity index (χ1n) is 7.00. The van der Waals surface area contributed by atoms with E-state index < -0.39 is 5.60 Å². The topological polar surface area (TPSA) is 29.5 Å². The van der Waals surface area contributed by atoms with Crippen LogP contribution in [-0.2, 0) is 11.3 Å². The molecule has 0 spiro atoms. The van der Waals surface area contributed by atoms with Gasteiger partial charge in [-0.1, -0.05) is 29.8 Å². The number of halogens is 2. The largest absolute Gasteiger partial charge is 0.444 e. The molecule has 0 aromatic heterocycles. The average Bonchev–Trinajstić information content (AvgIpc) is 2.30. The highest BCUT2D eigenvalue weighted by Gasteiger charge is 2.23. The van der Waals surface area contributed by atoms with Crippen molar-refractivity contribution in [2.24, 2.45) is 5.92 Å². The Kier molecular flexibility index (Phi) is 6.97. The van der Waals surface area contributed by atoms with E-state index in [9.17, 15) is 4.79 Å². The monoisotopic (exact) mass is 467 g/mol. The number of amides is 1. The van der Waals surface area contributed by atoms with Crippen molar-refractivity contribution in [3.05, 3.63) is 31.8 Å². The van der Waals surface area contributed by atoms with Crippen molar-refractivity contribution in [3.63, 3.8) is 0 Å². The molecule has 0 aliphatic carbocycles. The maximum atomic E-state index is 12.4. The van der Waals surface area contributed by atoms with Gasteiger partial charge in [-0.3, -0.25) is 0 Å². The van der Waals surface area contributed by atoms with Gasteiger partial charge in [-0.05, 0) is 73.0 Å². The highest BCUT2D eigenvalue weighted by Crippen LogP contribution is 2.21. The molecule has 118 valence electrons. The van der Waals surface area contributed by atoms with Crippen LogP contribution in [0.5, 0.6) is 0 Å². The number of nitrogens with zero attached hydrogens (tertiary/aromatic N) is 1. The maximum Gasteiger partial charge on any atom is 0.410 e. The fraction of sp³-hybridized carbons (Fsp3) is 0.562. The molecule has 1 amide bonds. The summed E-state index contributed by atoms with van der Waals surface area (Å²) in [7, 11) is 0. The molecule has 1 aromatic rings. The van der Waals surface area contributed by atoms with Crippen LogP contribution in [0.3, 0.4) is 0 Å². The van der Waals surface area contributed by atoms with Gasteiger partial charge in [0.1, 0.15) is 5.60 Å². The van der Waals surface area contributed by atoms with Crippen molar-refractivity contribution < 1.29 is 9.53 Å². The van der Waals surface area contributed by atoms with Crippen LogP contribution < -0.4 is 0 Å². The molecule has 0 bridgehead atoms. The van der Waals surface area contributed by atoms with Gasteiger partial charge in [0.25, 0.3) is 0 Å². The van der Waals surface area contributed by atoms with Gasteiger partial charge in [-0.25, -0.2) is 4.79 Å². The number of hydrogen-bond acceptors (Lipinski definition) is 2. The molecule has 1 aromatic carbocycles. The summed E-state index contributed by atoms with van der Waals surface area (Å²) in [6.45, 7) is 11.1. The minimum Gasteiger partial charge on any atom is -0.444 e. The molecule has 0 N–H and O–H groups in total. The second-order valence-corrected chi connectivity index (χ2v) is 8.57. The Morgan fingerprint density at radius 3 is 2.52 bits per heavy atom. The van der Waals surface area contributed by atoms with Crippen LogP contribution in [0.2, 0.25) is 0 Å². The van der Waals surface area contributed by atoms with Crippen LogP contribution in [-0.4, -0.2) is 23.1 Å². The van der Waals surface area contributed by atoms with Crippen LogP contribution in [0.4, 0.5) is 4.79 Å². The van der Waals surface area contributed by atoms with Crippen LogP contribution in [0, 0.1) is 9.49 Å². The fourth-order valence-electron chi connectivity index (χ4n) is 1.84. The van der Waals surface area contributed by atoms with Crippen molar-refractivity contribution in [1.82, 2.24) is 4.90 Å². The zero-order valence-corrected chi connectivity index (χ0v) is 17.0. The zero-order valence-electron chi connectivity index (χ0n) is 13.2. The maximum absolute atomic E-state index is 12.4. The summed E-state index contributed by atoms with van der Waals surface area (Å²) < 4.78 is 7.68. The van der Waals surface area contributed by atoms with Gasteiger partial charge in [-0.15, -0.1) is 0 Å². The number of hydrogen-bond donors (Lipinski definition) is 0. The summed E-state index contributed by atoms with van der Waals surface area (Å²) >= 11 is 5.78. The van der Waals surface area contributed by atoms with Gasteiger partial charge in [0.2, 0.25) is 0 Å². The Hall–Kier alpha value is -0.300. The Morgan fingerprint density at radius 1 is 1.38 bits per heavy atom. The smallest absolute Gasteiger partial charge is 0.410 e. The first-order chi connectivity index (χ1) is 9.58. The number of carbonyl (C=O) groups is 1. The SMILES string of the molecule is CC(C)CN(Cc1cc(Br)ccc1I)C(=O)OC(C)(C)C. The normalized spacial score (nSPS) is 11.6. The van der Waals surface area contributed by atoms with E-state index in [2.05, 4.69) is 58.4 Å². The standard InChI is InChI=1S/C16H23BrINO2/c1-11(2)9-19(15(20)21-16(3,4)5)10-12-8-13(17)6-7-14(12)18/h6-8,11H,9-10H2,1-5H3. The summed E-state index contributed by atoms with van der Waals surface area (Å²) in [5.41, 5.74) is 0.646. The van der Waals surface area contributed by atoms with Gasteiger partial charge < -0.3 is 9.64 Å². The lowest BCUT2D eigenvalue weighted by atomic mass is 10.1. The molecule has 0 fully saturated rings. The third-order valence-corrected chi connectivity index (χ3v) is 4.15. The number of carbonyl (C=O) groups excluding carboxylic acids is 1. The average molecular weight is 468 g/mol. The molecule has 0 atom stereocenters. The summed E-state index contributed by atoms with van der Waals surface area (Å²) in [6.07, 6.45) is -0.257. The molecule has 0 heterocycles. The molecule has 0 saturated heterocycles. The zero-order chi connectivity index (χ0) is 16.2. The van der Waals surface area contributed by atoms with Crippen molar-refractivity contribution in [1.29, 1.82) is 0 Å². The molecule has 0 aliphatic rings. The second-order valence-electron chi connectivity index (χ2n) is 6.49. The van der Waals surface area contributed by atoms with E-state index in [1.54, 1.807) is 4.90 Å². The van der Waals surface area contributed by atoms with Crippen molar-refractivity contribution in [3.8, 4) is 0 Å². The molecule has 3 nitrogen and oxygen atoms in total. The molecule has 0 unspecified atom stereocenters. The highest BCUT2D eigenvalue weighted by atomic mass is 127. The van der Waals surface area contributed by atoms with Gasteiger partial charge >= 0.3 is 6.09 Å². The summed E-state index contributed by atoms with van der Waals surface area (Å²) in [5, 5.41) is 0. The van der Waals surface area contributed by atoms with E-state index in [4.69, 9.17) is 4.74 Å². The fourth-order valence-corrected chi connectivity index (χ4v) is 2.76. The molecule has 0 radical (unpaired) electrons. The van der Waals surface area contributed by atoms with Crippen molar-refractivity contribution in [2.75, 3.05) is 6.54 Å². The molecular weight excluding hydrogens is 445 g/mol. The van der Waals surface area contributed by atoms with E-state index in [1.165, 1.54) is 0 Å². The predicted octanol–water partition coefficient (Wildman–Crippen LogP) is 5.45. The highest BCUT2D eigenvalue weighted by molar-refractivity contribution is 14.1. The summed E-state index contributed by atoms with van der Waals surface area (Å²) in [4.78, 5) is 14.2. The third-order valence-electron chi connectivity index (χ3n) is 2.61. The minimum absolute atomic E-state index is 0.257. The van der Waals surface area contributed by atoms with Crippen LogP contribution in [0.1, 0.15) is 40.2 Å². The lowest BCUT2D eigenvalue weighted by molar-refractivity contribution is 0.0211. The van der Waals surface area contributed by atoms with E-state index in [0.29, 0.717) is 19.0 Å². The second kappa shape index (κ2) is 7.81. The first-order valence-corrected chi connectivity index (χ1v) is 8.87. The Balaban J connectivity index is 2.92. The Bertz CT molecular complexity index is 498. The molecule has 0 saturated carbocycles. The molecule has 21 heavy (non-hydrogen) atoms. The molecule has 5 heteroatoms. The Morgan fingerprint density at radius 2 is 2.00 bits per heavy atom. The molecular formula is C16H23BrINO2. The van der Waals surface area contributed by atoms with Gasteiger partial charge in [0, 0.05) is 14.6 Å². The van der Waals surface area contributed by atoms with E-state index in [0.717, 1.165) is 13.6 Å². The van der Waals surface area contributed by atoms with Crippen molar-refractivity contribution in [2.45, 2.75) is 46.8 Å². The van der Waals surface area contributed by atoms with Gasteiger partial charge in [0.05, 0.1) is 6.54 Å². The predicted molar refractivity (Wildman–Crippen MR) is 98.3 cm³/mol. The molecule has 1 rings (SSSR count). The summed E-state index contributed by atoms with van der Waals surface area (Å²) in [5.74, 6) is 0.391. The first kappa shape index (κ1) is 18.7. The molecule has 0 aliphatic heterocycles. The lowest BCUT2D eigenvalue weighted by Gasteiger charge is -2.29. The quantitative estimate of drug-likeness (QED) is 0.551. The third kappa shape index (κ3) is 7.00. The van der Waals surface area contributed by atoms with E-state index >= 15 is 0 Å². The van der Waals surface area contributed by atoms with E-state index in [1.807, 2.05) is 32.9 Å². The van der Waals surface area contributed by atoms with Crippen LogP contribution >= 0.6 is 38.5 Å². The Labute approximate surface area is 149 Å². The van der Waals surface area contributed by atoms with Crippen LogP contribution in [0.25, 0.3) is 0 Å². The minimum atomic E-state index is -0.475. The van der Waals surface area contributed by atoms with E-state index in [-0.39, 0.29) is 6.09 Å². The number of benzene rings is 1. The summed E-state index contributed by atoms with van der Waals surface area (Å²) in [6, 6.07) is 6.10. The lowest BCUT2D eigenvalue weighted by Crippen LogP contribution is -2.38.